The van der Waals surface area contributed by atoms with Crippen LogP contribution in [-0.2, 0) is 14.3 Å². The molecule has 304 valence electrons. The molecule has 3 N–H and O–H groups in total. The van der Waals surface area contributed by atoms with Crippen LogP contribution in [0.4, 0.5) is 0 Å². The average molecular weight is 732 g/mol. The molecule has 0 aromatic rings. The summed E-state index contributed by atoms with van der Waals surface area (Å²) in [7, 11) is 0. The Labute approximate surface area is 322 Å². The molecule has 52 heavy (non-hydrogen) atoms. The summed E-state index contributed by atoms with van der Waals surface area (Å²) < 4.78 is 5.42. The van der Waals surface area contributed by atoms with E-state index in [1.165, 1.54) is 135 Å². The number of ether oxygens (including phenoxy) is 1. The number of unbranched alkanes of at least 4 members (excludes halogenated alkanes) is 25. The topological polar surface area (TPSA) is 95.9 Å². The van der Waals surface area contributed by atoms with Crippen LogP contribution in [-0.4, -0.2) is 47.4 Å². The molecule has 1 amide bonds. The van der Waals surface area contributed by atoms with E-state index in [0.29, 0.717) is 25.9 Å². The molecule has 0 aromatic heterocycles. The summed E-state index contributed by atoms with van der Waals surface area (Å²) in [6.45, 7) is 4.80. The van der Waals surface area contributed by atoms with Gasteiger partial charge in [-0.15, -0.1) is 0 Å². The van der Waals surface area contributed by atoms with Crippen LogP contribution in [0.3, 0.4) is 0 Å². The normalized spacial score (nSPS) is 13.1. The number of aliphatic hydroxyl groups excluding tert-OH is 2. The van der Waals surface area contributed by atoms with Gasteiger partial charge in [-0.2, -0.15) is 0 Å². The van der Waals surface area contributed by atoms with Gasteiger partial charge in [0.1, 0.15) is 0 Å². The van der Waals surface area contributed by atoms with Crippen LogP contribution >= 0.6 is 0 Å². The van der Waals surface area contributed by atoms with Crippen LogP contribution in [0.25, 0.3) is 0 Å². The van der Waals surface area contributed by atoms with Crippen molar-refractivity contribution in [2.24, 2.45) is 0 Å². The van der Waals surface area contributed by atoms with Crippen LogP contribution in [0.5, 0.6) is 0 Å². The highest BCUT2D eigenvalue weighted by molar-refractivity contribution is 5.76. The first-order chi connectivity index (χ1) is 25.5. The number of carbonyl (C=O) groups excluding carboxylic acids is 2. The Kier molecular flexibility index (Phi) is 40.3. The van der Waals surface area contributed by atoms with Gasteiger partial charge in [-0.25, -0.2) is 0 Å². The predicted molar refractivity (Wildman–Crippen MR) is 222 cm³/mol. The molecular formula is C46H85NO5. The van der Waals surface area contributed by atoms with Gasteiger partial charge in [0.05, 0.1) is 25.4 Å². The van der Waals surface area contributed by atoms with Crippen molar-refractivity contribution in [2.45, 2.75) is 231 Å². The van der Waals surface area contributed by atoms with Crippen molar-refractivity contribution in [2.75, 3.05) is 13.2 Å². The fourth-order valence-corrected chi connectivity index (χ4v) is 6.44. The number of hydrogen-bond donors (Lipinski definition) is 3. The van der Waals surface area contributed by atoms with Crippen LogP contribution in [0.15, 0.2) is 36.5 Å². The van der Waals surface area contributed by atoms with E-state index >= 15 is 0 Å². The molecule has 0 aliphatic carbocycles. The van der Waals surface area contributed by atoms with Gasteiger partial charge in [0.15, 0.2) is 0 Å². The standard InChI is InChI=1S/C46H85NO5/c1-3-5-7-9-11-13-18-22-26-30-34-38-44(49)43(42-48)47-45(50)39-35-31-27-23-20-16-15-17-21-25-29-33-37-41-52-46(51)40-36-32-28-24-19-14-12-10-8-6-4-2/h16,20,27,31,34,38,43-44,48-49H,3-15,17-19,21-26,28-30,32-33,35-37,39-42H2,1-2H3,(H,47,50)/b20-16-,31-27-,38-34+. The smallest absolute Gasteiger partial charge is 0.305 e. The largest absolute Gasteiger partial charge is 0.466 e. The number of esters is 1. The number of nitrogens with one attached hydrogen (secondary N) is 1. The second-order valence-corrected chi connectivity index (χ2v) is 15.0. The third kappa shape index (κ3) is 37.8. The van der Waals surface area contributed by atoms with Gasteiger partial charge >= 0.3 is 5.97 Å². The van der Waals surface area contributed by atoms with Gasteiger partial charge in [-0.1, -0.05) is 192 Å². The number of amides is 1. The summed E-state index contributed by atoms with van der Waals surface area (Å²) in [5, 5.41) is 22.8. The first-order valence-corrected chi connectivity index (χ1v) is 22.3. The Morgan fingerprint density at radius 1 is 0.538 bits per heavy atom. The number of hydrogen-bond acceptors (Lipinski definition) is 5. The maximum atomic E-state index is 12.3. The van der Waals surface area contributed by atoms with Gasteiger partial charge in [-0.3, -0.25) is 9.59 Å². The van der Waals surface area contributed by atoms with E-state index < -0.39 is 12.1 Å². The molecule has 0 radical (unpaired) electrons. The van der Waals surface area contributed by atoms with E-state index in [0.717, 1.165) is 51.4 Å². The van der Waals surface area contributed by atoms with Crippen LogP contribution in [0, 0.1) is 0 Å². The quantitative estimate of drug-likeness (QED) is 0.0331. The van der Waals surface area contributed by atoms with E-state index in [4.69, 9.17) is 4.74 Å². The van der Waals surface area contributed by atoms with E-state index in [1.54, 1.807) is 6.08 Å². The summed E-state index contributed by atoms with van der Waals surface area (Å²) in [4.78, 5) is 24.3. The van der Waals surface area contributed by atoms with Gasteiger partial charge in [0, 0.05) is 12.8 Å². The zero-order valence-electron chi connectivity index (χ0n) is 34.3. The van der Waals surface area contributed by atoms with Gasteiger partial charge in [-0.05, 0) is 51.4 Å². The molecule has 0 rings (SSSR count). The SMILES string of the molecule is CCCCCCCCCCC/C=C/C(O)C(CO)NC(=O)CC/C=C\C/C=C\CCCCCCCCOC(=O)CCCCCCCCCCCCC. The minimum Gasteiger partial charge on any atom is -0.466 e. The molecule has 6 nitrogen and oxygen atoms in total. The Balaban J connectivity index is 3.61. The van der Waals surface area contributed by atoms with Crippen molar-refractivity contribution in [1.29, 1.82) is 0 Å². The van der Waals surface area contributed by atoms with Crippen LogP contribution < -0.4 is 5.32 Å². The van der Waals surface area contributed by atoms with E-state index in [1.807, 2.05) is 12.2 Å². The highest BCUT2D eigenvalue weighted by Gasteiger charge is 2.17. The molecule has 0 spiro atoms. The fraction of sp³-hybridized carbons (Fsp3) is 0.826. The molecule has 0 bridgehead atoms. The lowest BCUT2D eigenvalue weighted by Gasteiger charge is -2.19. The van der Waals surface area contributed by atoms with E-state index in [9.17, 15) is 19.8 Å². The molecule has 0 aromatic carbocycles. The Morgan fingerprint density at radius 3 is 1.50 bits per heavy atom. The zero-order chi connectivity index (χ0) is 38.0. The van der Waals surface area contributed by atoms with Crippen molar-refractivity contribution in [1.82, 2.24) is 5.32 Å². The lowest BCUT2D eigenvalue weighted by molar-refractivity contribution is -0.143. The van der Waals surface area contributed by atoms with Crippen LogP contribution in [0.2, 0.25) is 0 Å². The molecule has 0 aliphatic heterocycles. The van der Waals surface area contributed by atoms with Gasteiger partial charge in [0.25, 0.3) is 0 Å². The summed E-state index contributed by atoms with van der Waals surface area (Å²) >= 11 is 0. The van der Waals surface area contributed by atoms with Crippen LogP contribution in [0.1, 0.15) is 219 Å². The van der Waals surface area contributed by atoms with E-state index in [-0.39, 0.29) is 18.5 Å². The van der Waals surface area contributed by atoms with Crippen molar-refractivity contribution < 1.29 is 24.5 Å². The third-order valence-corrected chi connectivity index (χ3v) is 9.92. The Bertz CT molecular complexity index is 854. The maximum Gasteiger partial charge on any atom is 0.305 e. The van der Waals surface area contributed by atoms with E-state index in [2.05, 4.69) is 37.4 Å². The van der Waals surface area contributed by atoms with Crippen molar-refractivity contribution in [3.8, 4) is 0 Å². The maximum absolute atomic E-state index is 12.3. The lowest BCUT2D eigenvalue weighted by Crippen LogP contribution is -2.45. The highest BCUT2D eigenvalue weighted by atomic mass is 16.5. The second-order valence-electron chi connectivity index (χ2n) is 15.0. The molecule has 2 unspecified atom stereocenters. The summed E-state index contributed by atoms with van der Waals surface area (Å²) in [6, 6.07) is -0.669. The summed E-state index contributed by atoms with van der Waals surface area (Å²) in [6.07, 6.45) is 48.5. The Hall–Kier alpha value is -1.92. The van der Waals surface area contributed by atoms with Crippen molar-refractivity contribution >= 4 is 11.9 Å². The molecule has 0 saturated carbocycles. The third-order valence-electron chi connectivity index (χ3n) is 9.92. The molecule has 2 atom stereocenters. The molecule has 6 heteroatoms. The summed E-state index contributed by atoms with van der Waals surface area (Å²) in [5.74, 6) is -0.172. The Morgan fingerprint density at radius 2 is 0.981 bits per heavy atom. The van der Waals surface area contributed by atoms with Gasteiger partial charge in [0.2, 0.25) is 5.91 Å². The molecule has 0 heterocycles. The minimum atomic E-state index is -0.876. The monoisotopic (exact) mass is 732 g/mol. The average Bonchev–Trinajstić information content (AvgIpc) is 3.14. The fourth-order valence-electron chi connectivity index (χ4n) is 6.44. The highest BCUT2D eigenvalue weighted by Crippen LogP contribution is 2.14. The number of allylic oxidation sites excluding steroid dienone is 5. The van der Waals surface area contributed by atoms with Gasteiger partial charge < -0.3 is 20.3 Å². The van der Waals surface area contributed by atoms with Crippen molar-refractivity contribution in [3.05, 3.63) is 36.5 Å². The number of rotatable bonds is 40. The first kappa shape index (κ1) is 50.1. The second kappa shape index (κ2) is 41.8. The number of aliphatic hydroxyl groups is 2. The first-order valence-electron chi connectivity index (χ1n) is 22.3. The molecule has 0 fully saturated rings. The zero-order valence-corrected chi connectivity index (χ0v) is 34.3. The predicted octanol–water partition coefficient (Wildman–Crippen LogP) is 12.6. The van der Waals surface area contributed by atoms with Crippen molar-refractivity contribution in [3.63, 3.8) is 0 Å². The molecule has 0 aliphatic rings. The summed E-state index contributed by atoms with van der Waals surface area (Å²) in [5.41, 5.74) is 0. The number of carbonyl (C=O) groups is 2. The molecule has 0 saturated heterocycles. The minimum absolute atomic E-state index is 0.0201. The lowest BCUT2D eigenvalue weighted by atomic mass is 10.1. The molecular weight excluding hydrogens is 647 g/mol.